The Bertz CT molecular complexity index is 1630. The van der Waals surface area contributed by atoms with Crippen LogP contribution in [-0.4, -0.2) is 23.9 Å². The molecule has 4 aromatic rings. The first-order chi connectivity index (χ1) is 19.8. The molecule has 4 N–H and O–H groups in total. The van der Waals surface area contributed by atoms with Crippen LogP contribution in [0, 0.1) is 5.82 Å². The van der Waals surface area contributed by atoms with Crippen LogP contribution in [0.2, 0.25) is 25.1 Å². The van der Waals surface area contributed by atoms with E-state index < -0.39 is 29.7 Å². The molecule has 0 aliphatic carbocycles. The average molecular weight is 671 g/mol. The van der Waals surface area contributed by atoms with Crippen LogP contribution in [-0.2, 0) is 0 Å². The second kappa shape index (κ2) is 14.4. The standard InChI is InChI=1S/C14H9Cl3N2O2.C14H9Cl2FN2O2/c15-8-3-1-4-9(7-8)19(14(18)21)13(20)12-10(16)5-2-6-11(12)17;15-10-2-1-3-11(16)12(10)13(20)19(14(18)21)9-6-4-8(17)5-7-9/h2*1-7H,(H2,18,21). The van der Waals surface area contributed by atoms with E-state index in [0.717, 1.165) is 17.0 Å². The molecule has 0 radical (unpaired) electrons. The van der Waals surface area contributed by atoms with E-state index in [1.54, 1.807) is 24.3 Å². The number of nitrogens with two attached hydrogens (primary N) is 2. The van der Waals surface area contributed by atoms with Gasteiger partial charge in [0.15, 0.2) is 0 Å². The van der Waals surface area contributed by atoms with Crippen molar-refractivity contribution in [3.63, 3.8) is 0 Å². The summed E-state index contributed by atoms with van der Waals surface area (Å²) in [4.78, 5) is 49.7. The lowest BCUT2D eigenvalue weighted by Gasteiger charge is -2.20. The molecule has 0 heterocycles. The first kappa shape index (κ1) is 32.7. The summed E-state index contributed by atoms with van der Waals surface area (Å²) in [5.74, 6) is -2.02. The number of amides is 6. The Hall–Kier alpha value is -3.86. The van der Waals surface area contributed by atoms with E-state index in [9.17, 15) is 23.6 Å². The van der Waals surface area contributed by atoms with Crippen molar-refractivity contribution in [2.45, 2.75) is 0 Å². The number of anilines is 2. The van der Waals surface area contributed by atoms with Crippen molar-refractivity contribution in [1.29, 1.82) is 0 Å². The number of nitrogens with zero attached hydrogens (tertiary/aromatic N) is 2. The Labute approximate surface area is 264 Å². The highest BCUT2D eigenvalue weighted by atomic mass is 35.5. The number of carbonyl (C=O) groups is 4. The van der Waals surface area contributed by atoms with Crippen molar-refractivity contribution >= 4 is 93.3 Å². The predicted octanol–water partition coefficient (Wildman–Crippen LogP) is 8.23. The van der Waals surface area contributed by atoms with Crippen LogP contribution in [0.15, 0.2) is 84.9 Å². The summed E-state index contributed by atoms with van der Waals surface area (Å²) in [5, 5.41) is 0.778. The van der Waals surface area contributed by atoms with Gasteiger partial charge in [0, 0.05) is 5.02 Å². The molecule has 14 heteroatoms. The van der Waals surface area contributed by atoms with E-state index >= 15 is 0 Å². The molecule has 0 unspecified atom stereocenters. The maximum absolute atomic E-state index is 12.9. The molecule has 0 bridgehead atoms. The zero-order chi connectivity index (χ0) is 31.1. The molecule has 0 spiro atoms. The number of primary amides is 2. The lowest BCUT2D eigenvalue weighted by atomic mass is 10.1. The van der Waals surface area contributed by atoms with Crippen LogP contribution >= 0.6 is 58.0 Å². The van der Waals surface area contributed by atoms with Crippen LogP contribution in [0.4, 0.5) is 25.4 Å². The Morgan fingerprint density at radius 1 is 0.548 bits per heavy atom. The first-order valence-electron chi connectivity index (χ1n) is 11.5. The average Bonchev–Trinajstić information content (AvgIpc) is 2.90. The minimum absolute atomic E-state index is 0.000362. The molecule has 0 aromatic heterocycles. The quantitative estimate of drug-likeness (QED) is 0.227. The molecule has 4 aromatic carbocycles. The third-order valence-electron chi connectivity index (χ3n) is 5.35. The molecule has 0 atom stereocenters. The van der Waals surface area contributed by atoms with Gasteiger partial charge in [-0.15, -0.1) is 0 Å². The lowest BCUT2D eigenvalue weighted by molar-refractivity contribution is 0.0986. The summed E-state index contributed by atoms with van der Waals surface area (Å²) in [6, 6.07) is 18.0. The third kappa shape index (κ3) is 7.70. The summed E-state index contributed by atoms with van der Waals surface area (Å²) >= 11 is 29.7. The predicted molar refractivity (Wildman–Crippen MR) is 164 cm³/mol. The number of halogens is 6. The molecular formula is C28H18Cl5FN4O4. The van der Waals surface area contributed by atoms with Crippen molar-refractivity contribution in [1.82, 2.24) is 0 Å². The highest BCUT2D eigenvalue weighted by molar-refractivity contribution is 6.42. The van der Waals surface area contributed by atoms with Crippen molar-refractivity contribution < 1.29 is 23.6 Å². The van der Waals surface area contributed by atoms with E-state index in [4.69, 9.17) is 69.5 Å². The van der Waals surface area contributed by atoms with Gasteiger partial charge in [-0.3, -0.25) is 9.59 Å². The summed E-state index contributed by atoms with van der Waals surface area (Å²) in [6.45, 7) is 0. The van der Waals surface area contributed by atoms with Gasteiger partial charge in [-0.2, -0.15) is 0 Å². The van der Waals surface area contributed by atoms with Gasteiger partial charge in [-0.25, -0.2) is 23.8 Å². The second-order valence-electron chi connectivity index (χ2n) is 8.11. The number of hydrogen-bond donors (Lipinski definition) is 2. The zero-order valence-electron chi connectivity index (χ0n) is 21.0. The van der Waals surface area contributed by atoms with E-state index in [0.29, 0.717) is 9.92 Å². The maximum Gasteiger partial charge on any atom is 0.326 e. The van der Waals surface area contributed by atoms with Gasteiger partial charge in [0.2, 0.25) is 0 Å². The molecule has 6 amide bonds. The van der Waals surface area contributed by atoms with Crippen molar-refractivity contribution in [3.8, 4) is 0 Å². The summed E-state index contributed by atoms with van der Waals surface area (Å²) in [7, 11) is 0. The topological polar surface area (TPSA) is 127 Å². The first-order valence-corrected chi connectivity index (χ1v) is 13.4. The van der Waals surface area contributed by atoms with Gasteiger partial charge in [0.05, 0.1) is 42.6 Å². The number of benzene rings is 4. The second-order valence-corrected chi connectivity index (χ2v) is 10.2. The van der Waals surface area contributed by atoms with Gasteiger partial charge in [-0.1, -0.05) is 76.2 Å². The van der Waals surface area contributed by atoms with Crippen molar-refractivity contribution in [3.05, 3.63) is 127 Å². The Kier molecular flexibility index (Phi) is 11.2. The number of urea groups is 2. The van der Waals surface area contributed by atoms with Crippen LogP contribution in [0.5, 0.6) is 0 Å². The SMILES string of the molecule is NC(=O)N(C(=O)c1c(Cl)cccc1Cl)c1ccc(F)cc1.NC(=O)N(C(=O)c1c(Cl)cccc1Cl)c1cccc(Cl)c1. The van der Waals surface area contributed by atoms with Crippen LogP contribution in [0.1, 0.15) is 20.7 Å². The molecule has 42 heavy (non-hydrogen) atoms. The molecular weight excluding hydrogens is 653 g/mol. The molecule has 0 fully saturated rings. The number of carbonyl (C=O) groups excluding carboxylic acids is 4. The van der Waals surface area contributed by atoms with Gasteiger partial charge in [0.25, 0.3) is 11.8 Å². The fourth-order valence-corrected chi connectivity index (χ4v) is 4.83. The molecule has 0 aliphatic heterocycles. The van der Waals surface area contributed by atoms with Gasteiger partial charge < -0.3 is 11.5 Å². The molecule has 8 nitrogen and oxygen atoms in total. The maximum atomic E-state index is 12.9. The number of rotatable bonds is 4. The van der Waals surface area contributed by atoms with E-state index in [1.165, 1.54) is 48.5 Å². The largest absolute Gasteiger partial charge is 0.351 e. The lowest BCUT2D eigenvalue weighted by Crippen LogP contribution is -2.41. The molecule has 216 valence electrons. The fourth-order valence-electron chi connectivity index (χ4n) is 3.52. The van der Waals surface area contributed by atoms with Gasteiger partial charge in [0.1, 0.15) is 5.82 Å². The highest BCUT2D eigenvalue weighted by Gasteiger charge is 2.28. The normalized spacial score (nSPS) is 10.2. The van der Waals surface area contributed by atoms with Crippen LogP contribution in [0.3, 0.4) is 0 Å². The van der Waals surface area contributed by atoms with Crippen LogP contribution < -0.4 is 21.3 Å². The van der Waals surface area contributed by atoms with Crippen LogP contribution in [0.25, 0.3) is 0 Å². The third-order valence-corrected chi connectivity index (χ3v) is 6.85. The van der Waals surface area contributed by atoms with Crippen molar-refractivity contribution in [2.75, 3.05) is 9.80 Å². The Balaban J connectivity index is 0.000000230. The van der Waals surface area contributed by atoms with E-state index in [2.05, 4.69) is 0 Å². The minimum atomic E-state index is -1.03. The Morgan fingerprint density at radius 2 is 0.929 bits per heavy atom. The highest BCUT2D eigenvalue weighted by Crippen LogP contribution is 2.30. The smallest absolute Gasteiger partial charge is 0.326 e. The minimum Gasteiger partial charge on any atom is -0.351 e. The summed E-state index contributed by atoms with van der Waals surface area (Å²) in [6.07, 6.45) is 0. The zero-order valence-corrected chi connectivity index (χ0v) is 24.8. The number of hydrogen-bond acceptors (Lipinski definition) is 4. The van der Waals surface area contributed by atoms with E-state index in [-0.39, 0.29) is 42.6 Å². The van der Waals surface area contributed by atoms with Crippen molar-refractivity contribution in [2.24, 2.45) is 11.5 Å². The summed E-state index contributed by atoms with van der Waals surface area (Å²) in [5.41, 5.74) is 10.8. The fraction of sp³-hybridized carbons (Fsp3) is 0. The molecule has 0 saturated heterocycles. The molecule has 0 aliphatic rings. The van der Waals surface area contributed by atoms with Gasteiger partial charge in [-0.05, 0) is 66.7 Å². The molecule has 4 rings (SSSR count). The van der Waals surface area contributed by atoms with E-state index in [1.807, 2.05) is 0 Å². The van der Waals surface area contributed by atoms with Gasteiger partial charge >= 0.3 is 12.1 Å². The molecule has 0 saturated carbocycles. The summed E-state index contributed by atoms with van der Waals surface area (Å²) < 4.78 is 12.9. The monoisotopic (exact) mass is 668 g/mol. The number of imide groups is 2. The Morgan fingerprint density at radius 3 is 1.31 bits per heavy atom.